The monoisotopic (exact) mass is 433 g/mol. The molecule has 0 spiro atoms. The van der Waals surface area contributed by atoms with Gasteiger partial charge in [-0.25, -0.2) is 0 Å². The molecule has 130 valence electrons. The van der Waals surface area contributed by atoms with Crippen LogP contribution >= 0.6 is 27.3 Å². The SMILES string of the molecule is N#CC(C#N)=C1C=CC=CN1C(=Cc1cccs1)C(=O)c1ccc(Br)cc1. The molecule has 4 nitrogen and oxygen atoms in total. The number of carbonyl (C=O) groups excluding carboxylic acids is 1. The minimum absolute atomic E-state index is 0.0590. The van der Waals surface area contributed by atoms with E-state index in [4.69, 9.17) is 0 Å². The second kappa shape index (κ2) is 8.46. The zero-order chi connectivity index (χ0) is 19.2. The van der Waals surface area contributed by atoms with Crippen LogP contribution in [0.4, 0.5) is 0 Å². The van der Waals surface area contributed by atoms with E-state index in [1.165, 1.54) is 11.3 Å². The van der Waals surface area contributed by atoms with Crippen molar-refractivity contribution < 1.29 is 4.79 Å². The molecule has 0 saturated heterocycles. The number of halogens is 1. The van der Waals surface area contributed by atoms with Crippen molar-refractivity contribution in [3.05, 3.63) is 98.1 Å². The lowest BCUT2D eigenvalue weighted by Crippen LogP contribution is -2.24. The third-order valence-corrected chi connectivity index (χ3v) is 5.11. The standard InChI is InChI=1S/C21H12BrN3OS/c22-17-8-6-15(7-9-17)21(26)20(12-18-4-3-11-27-18)25-10-2-1-5-19(25)16(13-23)14-24/h1-12H. The lowest BCUT2D eigenvalue weighted by Gasteiger charge is -2.26. The Hall–Kier alpha value is -3.19. The second-order valence-electron chi connectivity index (χ2n) is 5.44. The Labute approximate surface area is 169 Å². The first-order valence-electron chi connectivity index (χ1n) is 7.88. The van der Waals surface area contributed by atoms with Crippen LogP contribution in [-0.4, -0.2) is 10.7 Å². The lowest BCUT2D eigenvalue weighted by molar-refractivity contribution is 0.101. The molecule has 0 unspecified atom stereocenters. The fraction of sp³-hybridized carbons (Fsp3) is 0. The predicted molar refractivity (Wildman–Crippen MR) is 109 cm³/mol. The first-order chi connectivity index (χ1) is 13.1. The van der Waals surface area contributed by atoms with E-state index in [-0.39, 0.29) is 11.4 Å². The highest BCUT2D eigenvalue weighted by Gasteiger charge is 2.23. The maximum absolute atomic E-state index is 13.3. The number of nitriles is 2. The molecular weight excluding hydrogens is 422 g/mol. The average molecular weight is 434 g/mol. The second-order valence-corrected chi connectivity index (χ2v) is 7.33. The van der Waals surface area contributed by atoms with Crippen molar-refractivity contribution >= 4 is 39.1 Å². The molecule has 0 bridgehead atoms. The summed E-state index contributed by atoms with van der Waals surface area (Å²) in [6, 6.07) is 14.7. The number of ketones is 1. The zero-order valence-electron chi connectivity index (χ0n) is 14.0. The van der Waals surface area contributed by atoms with E-state index in [1.54, 1.807) is 59.7 Å². The number of nitrogens with zero attached hydrogens (tertiary/aromatic N) is 3. The topological polar surface area (TPSA) is 67.9 Å². The molecular formula is C21H12BrN3OS. The van der Waals surface area contributed by atoms with Gasteiger partial charge in [0, 0.05) is 21.1 Å². The summed E-state index contributed by atoms with van der Waals surface area (Å²) in [6.45, 7) is 0. The van der Waals surface area contributed by atoms with Crippen LogP contribution in [-0.2, 0) is 0 Å². The molecule has 0 aliphatic carbocycles. The Balaban J connectivity index is 2.15. The van der Waals surface area contributed by atoms with Crippen molar-refractivity contribution in [3.8, 4) is 12.1 Å². The number of hydrogen-bond donors (Lipinski definition) is 0. The molecule has 0 amide bonds. The minimum atomic E-state index is -0.205. The van der Waals surface area contributed by atoms with Crippen LogP contribution in [0.5, 0.6) is 0 Å². The van der Waals surface area contributed by atoms with Crippen LogP contribution in [0.3, 0.4) is 0 Å². The third kappa shape index (κ3) is 4.15. The Morgan fingerprint density at radius 1 is 1.11 bits per heavy atom. The molecule has 2 aromatic rings. The van der Waals surface area contributed by atoms with Gasteiger partial charge in [-0.15, -0.1) is 11.3 Å². The highest BCUT2D eigenvalue weighted by molar-refractivity contribution is 9.10. The summed E-state index contributed by atoms with van der Waals surface area (Å²) in [5, 5.41) is 20.5. The maximum atomic E-state index is 13.3. The zero-order valence-corrected chi connectivity index (χ0v) is 16.4. The quantitative estimate of drug-likeness (QED) is 0.366. The molecule has 0 saturated carbocycles. The van der Waals surface area contributed by atoms with Crippen LogP contribution < -0.4 is 0 Å². The number of rotatable bonds is 4. The molecule has 0 fully saturated rings. The first kappa shape index (κ1) is 18.6. The third-order valence-electron chi connectivity index (χ3n) is 3.76. The molecule has 0 N–H and O–H groups in total. The Kier molecular flexibility index (Phi) is 5.83. The van der Waals surface area contributed by atoms with Gasteiger partial charge in [0.15, 0.2) is 5.57 Å². The van der Waals surface area contributed by atoms with Crippen molar-refractivity contribution in [1.29, 1.82) is 10.5 Å². The van der Waals surface area contributed by atoms with E-state index in [0.717, 1.165) is 9.35 Å². The molecule has 1 aliphatic heterocycles. The van der Waals surface area contributed by atoms with Crippen molar-refractivity contribution in [2.75, 3.05) is 0 Å². The molecule has 3 rings (SSSR count). The van der Waals surface area contributed by atoms with E-state index < -0.39 is 0 Å². The fourth-order valence-corrected chi connectivity index (χ4v) is 3.41. The minimum Gasteiger partial charge on any atom is -0.312 e. The molecule has 1 aliphatic rings. The summed E-state index contributed by atoms with van der Waals surface area (Å²) in [5.41, 5.74) is 1.18. The number of thiophene rings is 1. The fourth-order valence-electron chi connectivity index (χ4n) is 2.50. The van der Waals surface area contributed by atoms with E-state index in [0.29, 0.717) is 17.0 Å². The largest absolute Gasteiger partial charge is 0.312 e. The van der Waals surface area contributed by atoms with Gasteiger partial charge < -0.3 is 4.90 Å². The van der Waals surface area contributed by atoms with Crippen molar-refractivity contribution in [3.63, 3.8) is 0 Å². The van der Waals surface area contributed by atoms with Crippen LogP contribution in [0, 0.1) is 22.7 Å². The number of benzene rings is 1. The van der Waals surface area contributed by atoms with Crippen LogP contribution in [0.2, 0.25) is 0 Å². The summed E-state index contributed by atoms with van der Waals surface area (Å²) in [6.07, 6.45) is 8.59. The van der Waals surface area contributed by atoms with Gasteiger partial charge in [-0.05, 0) is 53.9 Å². The van der Waals surface area contributed by atoms with E-state index in [1.807, 2.05) is 29.7 Å². The summed E-state index contributed by atoms with van der Waals surface area (Å²) in [5.74, 6) is -0.205. The van der Waals surface area contributed by atoms with Gasteiger partial charge >= 0.3 is 0 Å². The van der Waals surface area contributed by atoms with Gasteiger partial charge in [-0.3, -0.25) is 4.79 Å². The highest BCUT2D eigenvalue weighted by atomic mass is 79.9. The maximum Gasteiger partial charge on any atom is 0.209 e. The van der Waals surface area contributed by atoms with Crippen LogP contribution in [0.1, 0.15) is 15.2 Å². The van der Waals surface area contributed by atoms with Gasteiger partial charge in [-0.2, -0.15) is 10.5 Å². The normalized spacial score (nSPS) is 13.2. The summed E-state index contributed by atoms with van der Waals surface area (Å²) >= 11 is 4.87. The summed E-state index contributed by atoms with van der Waals surface area (Å²) in [7, 11) is 0. The first-order valence-corrected chi connectivity index (χ1v) is 9.55. The van der Waals surface area contributed by atoms with Gasteiger partial charge in [0.2, 0.25) is 5.78 Å². The van der Waals surface area contributed by atoms with Crippen LogP contribution in [0.25, 0.3) is 6.08 Å². The molecule has 0 radical (unpaired) electrons. The number of carbonyl (C=O) groups is 1. The van der Waals surface area contributed by atoms with Crippen LogP contribution in [0.15, 0.2) is 87.6 Å². The lowest BCUT2D eigenvalue weighted by atomic mass is 10.0. The predicted octanol–water partition coefficient (Wildman–Crippen LogP) is 5.42. The average Bonchev–Trinajstić information content (AvgIpc) is 3.21. The Bertz CT molecular complexity index is 1050. The van der Waals surface area contributed by atoms with E-state index in [9.17, 15) is 15.3 Å². The van der Waals surface area contributed by atoms with E-state index in [2.05, 4.69) is 15.9 Å². The summed E-state index contributed by atoms with van der Waals surface area (Å²) < 4.78 is 0.875. The number of allylic oxidation sites excluding steroid dienone is 5. The van der Waals surface area contributed by atoms with Crippen molar-refractivity contribution in [1.82, 2.24) is 4.90 Å². The van der Waals surface area contributed by atoms with Gasteiger partial charge in [0.05, 0.1) is 11.4 Å². The van der Waals surface area contributed by atoms with Crippen molar-refractivity contribution in [2.24, 2.45) is 0 Å². The van der Waals surface area contributed by atoms with Crippen molar-refractivity contribution in [2.45, 2.75) is 0 Å². The van der Waals surface area contributed by atoms with Gasteiger partial charge in [-0.1, -0.05) is 28.1 Å². The number of hydrogen-bond acceptors (Lipinski definition) is 5. The molecule has 0 atom stereocenters. The Morgan fingerprint density at radius 2 is 1.85 bits per heavy atom. The summed E-state index contributed by atoms with van der Waals surface area (Å²) in [4.78, 5) is 15.7. The highest BCUT2D eigenvalue weighted by Crippen LogP contribution is 2.27. The molecule has 2 heterocycles. The van der Waals surface area contributed by atoms with Gasteiger partial charge in [0.25, 0.3) is 0 Å². The molecule has 6 heteroatoms. The molecule has 1 aromatic carbocycles. The molecule has 27 heavy (non-hydrogen) atoms. The smallest absolute Gasteiger partial charge is 0.209 e. The number of Topliss-reactive ketones (excluding diaryl/α,β-unsaturated/α-hetero) is 1. The van der Waals surface area contributed by atoms with E-state index >= 15 is 0 Å². The van der Waals surface area contributed by atoms with Gasteiger partial charge in [0.1, 0.15) is 12.1 Å². The Morgan fingerprint density at radius 3 is 2.48 bits per heavy atom. The molecule has 1 aromatic heterocycles.